The third-order valence-electron chi connectivity index (χ3n) is 6.13. The summed E-state index contributed by atoms with van der Waals surface area (Å²) in [5, 5.41) is 3.61. The first-order valence-electron chi connectivity index (χ1n) is 12.2. The maximum absolute atomic E-state index is 13.9. The van der Waals surface area contributed by atoms with E-state index in [0.29, 0.717) is 27.7 Å². The molecule has 0 fully saturated rings. The molecule has 1 N–H and O–H groups in total. The van der Waals surface area contributed by atoms with Gasteiger partial charge in [0, 0.05) is 23.1 Å². The molecule has 7 nitrogen and oxygen atoms in total. The van der Waals surface area contributed by atoms with Gasteiger partial charge in [-0.25, -0.2) is 8.42 Å². The monoisotopic (exact) mass is 575 g/mol. The van der Waals surface area contributed by atoms with Crippen LogP contribution in [0, 0.1) is 6.92 Å². The summed E-state index contributed by atoms with van der Waals surface area (Å²) in [7, 11) is -4.16. The van der Waals surface area contributed by atoms with Crippen LogP contribution >= 0.6 is 23.2 Å². The number of anilines is 1. The van der Waals surface area contributed by atoms with E-state index in [4.69, 9.17) is 23.2 Å². The number of benzene rings is 3. The lowest BCUT2D eigenvalue weighted by Crippen LogP contribution is -2.51. The molecule has 0 spiro atoms. The number of hydrogen-bond acceptors (Lipinski definition) is 4. The lowest BCUT2D eigenvalue weighted by atomic mass is 10.1. The van der Waals surface area contributed by atoms with Crippen LogP contribution in [-0.2, 0) is 26.2 Å². The Balaban J connectivity index is 2.06. The second-order valence-electron chi connectivity index (χ2n) is 8.79. The summed E-state index contributed by atoms with van der Waals surface area (Å²) in [4.78, 5) is 28.2. The van der Waals surface area contributed by atoms with Gasteiger partial charge < -0.3 is 10.2 Å². The quantitative estimate of drug-likeness (QED) is 0.330. The molecule has 38 heavy (non-hydrogen) atoms. The molecule has 0 heterocycles. The zero-order valence-corrected chi connectivity index (χ0v) is 23.9. The van der Waals surface area contributed by atoms with E-state index in [1.807, 2.05) is 6.92 Å². The molecule has 10 heteroatoms. The first-order chi connectivity index (χ1) is 18.1. The number of hydrogen-bond donors (Lipinski definition) is 1. The smallest absolute Gasteiger partial charge is 0.264 e. The zero-order chi connectivity index (χ0) is 27.9. The Bertz CT molecular complexity index is 1380. The van der Waals surface area contributed by atoms with Crippen LogP contribution in [0.4, 0.5) is 5.69 Å². The first-order valence-corrected chi connectivity index (χ1v) is 14.4. The number of nitrogens with one attached hydrogen (secondary N) is 1. The summed E-state index contributed by atoms with van der Waals surface area (Å²) in [5.41, 5.74) is 1.41. The number of amides is 2. The van der Waals surface area contributed by atoms with Crippen LogP contribution in [0.25, 0.3) is 0 Å². The van der Waals surface area contributed by atoms with Crippen molar-refractivity contribution in [3.05, 3.63) is 94.0 Å². The van der Waals surface area contributed by atoms with E-state index >= 15 is 0 Å². The van der Waals surface area contributed by atoms with Crippen molar-refractivity contribution in [1.82, 2.24) is 10.2 Å². The van der Waals surface area contributed by atoms with E-state index in [0.717, 1.165) is 10.7 Å². The van der Waals surface area contributed by atoms with E-state index in [1.165, 1.54) is 17.0 Å². The normalized spacial score (nSPS) is 12.0. The van der Waals surface area contributed by atoms with Crippen molar-refractivity contribution in [2.75, 3.05) is 17.4 Å². The third-order valence-corrected chi connectivity index (χ3v) is 8.69. The minimum atomic E-state index is -4.16. The fourth-order valence-electron chi connectivity index (χ4n) is 3.89. The Labute approximate surface area is 234 Å². The number of rotatable bonds is 11. The van der Waals surface area contributed by atoms with Gasteiger partial charge in [0.2, 0.25) is 11.8 Å². The van der Waals surface area contributed by atoms with Crippen LogP contribution in [0.3, 0.4) is 0 Å². The highest BCUT2D eigenvalue weighted by molar-refractivity contribution is 7.92. The summed E-state index contributed by atoms with van der Waals surface area (Å²) in [5.74, 6) is -0.911. The summed E-state index contributed by atoms with van der Waals surface area (Å²) in [6, 6.07) is 18.9. The van der Waals surface area contributed by atoms with E-state index in [-0.39, 0.29) is 23.0 Å². The summed E-state index contributed by atoms with van der Waals surface area (Å²) < 4.78 is 28.7. The van der Waals surface area contributed by atoms with Crippen molar-refractivity contribution < 1.29 is 18.0 Å². The van der Waals surface area contributed by atoms with E-state index in [1.54, 1.807) is 74.5 Å². The maximum atomic E-state index is 13.9. The minimum absolute atomic E-state index is 0.0208. The van der Waals surface area contributed by atoms with Crippen LogP contribution < -0.4 is 9.62 Å². The molecule has 202 valence electrons. The number of carbonyl (C=O) groups is 2. The average Bonchev–Trinajstić information content (AvgIpc) is 2.91. The molecule has 0 unspecified atom stereocenters. The predicted molar refractivity (Wildman–Crippen MR) is 152 cm³/mol. The van der Waals surface area contributed by atoms with Gasteiger partial charge in [0.05, 0.1) is 10.6 Å². The number of halogens is 2. The first kappa shape index (κ1) is 29.5. The Morgan fingerprint density at radius 3 is 2.21 bits per heavy atom. The molecule has 1 atom stereocenters. The molecule has 0 aliphatic heterocycles. The zero-order valence-electron chi connectivity index (χ0n) is 21.5. The average molecular weight is 577 g/mol. The summed E-state index contributed by atoms with van der Waals surface area (Å²) in [6.45, 7) is 5.16. The molecule has 3 aromatic rings. The molecule has 0 aromatic heterocycles. The van der Waals surface area contributed by atoms with Gasteiger partial charge in [-0.15, -0.1) is 0 Å². The van der Waals surface area contributed by atoms with E-state index < -0.39 is 28.5 Å². The topological polar surface area (TPSA) is 86.8 Å². The van der Waals surface area contributed by atoms with Crippen molar-refractivity contribution in [3.63, 3.8) is 0 Å². The molecular weight excluding hydrogens is 545 g/mol. The van der Waals surface area contributed by atoms with Gasteiger partial charge in [-0.2, -0.15) is 0 Å². The lowest BCUT2D eigenvalue weighted by molar-refractivity contribution is -0.139. The standard InChI is InChI=1S/C28H31Cl2N3O4S/c1-4-17-31-28(35)21(3)32(18-22-11-8-9-14-25(22)30)27(34)19-33(26-16-10-15-24(29)20(26)2)38(36,37)23-12-6-5-7-13-23/h5-16,21H,4,17-19H2,1-3H3,(H,31,35)/t21-/m0/s1. The van der Waals surface area contributed by atoms with Crippen LogP contribution in [0.1, 0.15) is 31.4 Å². The molecule has 0 saturated carbocycles. The highest BCUT2D eigenvalue weighted by Gasteiger charge is 2.33. The third kappa shape index (κ3) is 6.87. The number of nitrogens with zero attached hydrogens (tertiary/aromatic N) is 2. The molecule has 3 aromatic carbocycles. The Hall–Kier alpha value is -3.07. The van der Waals surface area contributed by atoms with Crippen molar-refractivity contribution in [2.24, 2.45) is 0 Å². The van der Waals surface area contributed by atoms with Crippen molar-refractivity contribution in [1.29, 1.82) is 0 Å². The second-order valence-corrected chi connectivity index (χ2v) is 11.5. The van der Waals surface area contributed by atoms with Crippen molar-refractivity contribution in [2.45, 2.75) is 44.7 Å². The van der Waals surface area contributed by atoms with Gasteiger partial charge in [0.1, 0.15) is 12.6 Å². The molecule has 0 saturated heterocycles. The second kappa shape index (κ2) is 13.1. The SMILES string of the molecule is CCCNC(=O)[C@H](C)N(Cc1ccccc1Cl)C(=O)CN(c1cccc(Cl)c1C)S(=O)(=O)c1ccccc1. The lowest BCUT2D eigenvalue weighted by Gasteiger charge is -2.32. The van der Waals surface area contributed by atoms with E-state index in [9.17, 15) is 18.0 Å². The van der Waals surface area contributed by atoms with Gasteiger partial charge in [-0.3, -0.25) is 13.9 Å². The van der Waals surface area contributed by atoms with Crippen LogP contribution in [-0.4, -0.2) is 44.3 Å². The van der Waals surface area contributed by atoms with E-state index in [2.05, 4.69) is 5.32 Å². The van der Waals surface area contributed by atoms with Gasteiger partial charge in [-0.05, 0) is 61.7 Å². The fourth-order valence-corrected chi connectivity index (χ4v) is 5.75. The minimum Gasteiger partial charge on any atom is -0.354 e. The molecule has 0 bridgehead atoms. The number of sulfonamides is 1. The van der Waals surface area contributed by atoms with Crippen molar-refractivity contribution in [3.8, 4) is 0 Å². The fraction of sp³-hybridized carbons (Fsp3) is 0.286. The highest BCUT2D eigenvalue weighted by atomic mass is 35.5. The molecule has 0 aliphatic rings. The highest BCUT2D eigenvalue weighted by Crippen LogP contribution is 2.31. The molecule has 2 amide bonds. The van der Waals surface area contributed by atoms with Gasteiger partial charge in [0.25, 0.3) is 10.0 Å². The van der Waals surface area contributed by atoms with Gasteiger partial charge >= 0.3 is 0 Å². The Morgan fingerprint density at radius 1 is 0.921 bits per heavy atom. The molecule has 0 aliphatic carbocycles. The molecule has 3 rings (SSSR count). The summed E-state index contributed by atoms with van der Waals surface area (Å²) in [6.07, 6.45) is 0.730. The predicted octanol–water partition coefficient (Wildman–Crippen LogP) is 5.44. The maximum Gasteiger partial charge on any atom is 0.264 e. The van der Waals surface area contributed by atoms with Crippen LogP contribution in [0.15, 0.2) is 77.7 Å². The molecule has 0 radical (unpaired) electrons. The largest absolute Gasteiger partial charge is 0.354 e. The van der Waals surface area contributed by atoms with Gasteiger partial charge in [-0.1, -0.05) is 72.6 Å². The molecular formula is C28H31Cl2N3O4S. The van der Waals surface area contributed by atoms with Crippen LogP contribution in [0.5, 0.6) is 0 Å². The summed E-state index contributed by atoms with van der Waals surface area (Å²) >= 11 is 12.7. The van der Waals surface area contributed by atoms with Gasteiger partial charge in [0.15, 0.2) is 0 Å². The number of carbonyl (C=O) groups excluding carboxylic acids is 2. The Kier molecular flexibility index (Phi) is 10.2. The Morgan fingerprint density at radius 2 is 1.55 bits per heavy atom. The van der Waals surface area contributed by atoms with Crippen molar-refractivity contribution >= 4 is 50.7 Å². The van der Waals surface area contributed by atoms with Crippen LogP contribution in [0.2, 0.25) is 10.0 Å².